The van der Waals surface area contributed by atoms with Gasteiger partial charge in [0.15, 0.2) is 5.82 Å². The first-order chi connectivity index (χ1) is 10.2. The summed E-state index contributed by atoms with van der Waals surface area (Å²) in [6.07, 6.45) is 7.48. The maximum Gasteiger partial charge on any atom is 0.226 e. The van der Waals surface area contributed by atoms with E-state index in [0.29, 0.717) is 23.6 Å². The van der Waals surface area contributed by atoms with E-state index in [1.807, 2.05) is 6.92 Å². The molecule has 5 heteroatoms. The maximum absolute atomic E-state index is 12.4. The molecule has 0 spiro atoms. The van der Waals surface area contributed by atoms with Crippen molar-refractivity contribution in [3.63, 3.8) is 0 Å². The van der Waals surface area contributed by atoms with Crippen molar-refractivity contribution in [1.82, 2.24) is 15.0 Å². The predicted molar refractivity (Wildman–Crippen MR) is 76.6 cm³/mol. The van der Waals surface area contributed by atoms with E-state index in [1.165, 1.54) is 25.7 Å². The number of fused-ring (bicyclic) bond motifs is 1. The van der Waals surface area contributed by atoms with E-state index in [9.17, 15) is 4.79 Å². The number of hydrogen-bond donors (Lipinski definition) is 0. The minimum Gasteiger partial charge on any atom is -0.341 e. The summed E-state index contributed by atoms with van der Waals surface area (Å²) >= 11 is 0. The zero-order chi connectivity index (χ0) is 14.4. The van der Waals surface area contributed by atoms with Crippen molar-refractivity contribution < 1.29 is 9.32 Å². The molecule has 3 aliphatic rings. The van der Waals surface area contributed by atoms with E-state index in [1.54, 1.807) is 0 Å². The highest BCUT2D eigenvalue weighted by Gasteiger charge is 2.54. The molecule has 0 aromatic carbocycles. The predicted octanol–water partition coefficient (Wildman–Crippen LogP) is 2.31. The van der Waals surface area contributed by atoms with Crippen molar-refractivity contribution in [2.45, 2.75) is 57.3 Å². The topological polar surface area (TPSA) is 59.2 Å². The highest BCUT2D eigenvalue weighted by atomic mass is 16.5. The Hall–Kier alpha value is -1.39. The van der Waals surface area contributed by atoms with Crippen LogP contribution in [0.3, 0.4) is 0 Å². The molecule has 0 unspecified atom stereocenters. The van der Waals surface area contributed by atoms with Gasteiger partial charge in [-0.3, -0.25) is 4.79 Å². The summed E-state index contributed by atoms with van der Waals surface area (Å²) in [7, 11) is 0. The lowest BCUT2D eigenvalue weighted by molar-refractivity contribution is -0.130. The second-order valence-electron chi connectivity index (χ2n) is 7.03. The summed E-state index contributed by atoms with van der Waals surface area (Å²) in [6.45, 7) is 3.72. The lowest BCUT2D eigenvalue weighted by atomic mass is 9.80. The second-order valence-corrected chi connectivity index (χ2v) is 7.03. The first-order valence-electron chi connectivity index (χ1n) is 8.32. The molecule has 2 aliphatic carbocycles. The zero-order valence-electron chi connectivity index (χ0n) is 12.7. The lowest BCUT2D eigenvalue weighted by Crippen LogP contribution is -2.35. The average molecular weight is 289 g/mol. The smallest absolute Gasteiger partial charge is 0.226 e. The van der Waals surface area contributed by atoms with Gasteiger partial charge in [-0.2, -0.15) is 4.98 Å². The van der Waals surface area contributed by atoms with Gasteiger partial charge >= 0.3 is 0 Å². The minimum atomic E-state index is -0.0316. The third kappa shape index (κ3) is 2.17. The summed E-state index contributed by atoms with van der Waals surface area (Å²) in [6, 6.07) is 0. The number of likely N-dealkylation sites (tertiary alicyclic amines) is 1. The molecule has 1 saturated heterocycles. The van der Waals surface area contributed by atoms with Gasteiger partial charge in [0.25, 0.3) is 0 Å². The van der Waals surface area contributed by atoms with Gasteiger partial charge in [0.1, 0.15) is 0 Å². The molecule has 1 aliphatic heterocycles. The van der Waals surface area contributed by atoms with Gasteiger partial charge < -0.3 is 9.42 Å². The van der Waals surface area contributed by atoms with Crippen molar-refractivity contribution in [2.24, 2.45) is 11.8 Å². The molecule has 114 valence electrons. The number of hydrogen-bond acceptors (Lipinski definition) is 4. The lowest BCUT2D eigenvalue weighted by Gasteiger charge is -2.24. The van der Waals surface area contributed by atoms with Crippen LogP contribution in [0, 0.1) is 11.8 Å². The van der Waals surface area contributed by atoms with Crippen molar-refractivity contribution in [2.75, 3.05) is 13.1 Å². The molecule has 0 radical (unpaired) electrons. The SMILES string of the molecule is CCc1nc([C@@]23CCC[C@@H]2CN(C(=O)CC2CC2)C3)no1. The molecule has 21 heavy (non-hydrogen) atoms. The van der Waals surface area contributed by atoms with E-state index in [4.69, 9.17) is 4.52 Å². The van der Waals surface area contributed by atoms with Crippen LogP contribution in [0.25, 0.3) is 0 Å². The van der Waals surface area contributed by atoms with Gasteiger partial charge in [-0.05, 0) is 37.5 Å². The molecule has 1 aromatic rings. The van der Waals surface area contributed by atoms with Crippen LogP contribution in [-0.4, -0.2) is 34.0 Å². The Labute approximate surface area is 125 Å². The molecule has 2 atom stereocenters. The molecule has 3 fully saturated rings. The fraction of sp³-hybridized carbons (Fsp3) is 0.812. The number of rotatable bonds is 4. The third-order valence-electron chi connectivity index (χ3n) is 5.60. The summed E-state index contributed by atoms with van der Waals surface area (Å²) in [5.74, 6) is 3.08. The fourth-order valence-electron chi connectivity index (χ4n) is 4.14. The zero-order valence-corrected chi connectivity index (χ0v) is 12.7. The van der Waals surface area contributed by atoms with Crippen molar-refractivity contribution in [3.05, 3.63) is 11.7 Å². The Kier molecular flexibility index (Phi) is 3.05. The van der Waals surface area contributed by atoms with Gasteiger partial charge in [0.05, 0.1) is 5.41 Å². The molecule has 1 amide bonds. The third-order valence-corrected chi connectivity index (χ3v) is 5.60. The number of aryl methyl sites for hydroxylation is 1. The Balaban J connectivity index is 1.56. The molecule has 4 rings (SSSR count). The standard InChI is InChI=1S/C16H23N3O2/c1-2-13-17-15(18-21-13)16-7-3-4-12(16)9-19(10-16)14(20)8-11-5-6-11/h11-12H,2-10H2,1H3/t12-,16-/m1/s1. The maximum atomic E-state index is 12.4. The Bertz CT molecular complexity index is 551. The second kappa shape index (κ2) is 4.82. The van der Waals surface area contributed by atoms with E-state index in [-0.39, 0.29) is 5.41 Å². The number of carbonyl (C=O) groups is 1. The molecule has 0 N–H and O–H groups in total. The summed E-state index contributed by atoms with van der Waals surface area (Å²) in [5, 5.41) is 4.25. The fourth-order valence-corrected chi connectivity index (χ4v) is 4.14. The highest BCUT2D eigenvalue weighted by Crippen LogP contribution is 2.50. The van der Waals surface area contributed by atoms with Gasteiger partial charge in [-0.15, -0.1) is 0 Å². The molecule has 2 saturated carbocycles. The monoisotopic (exact) mass is 289 g/mol. The van der Waals surface area contributed by atoms with Crippen molar-refractivity contribution in [1.29, 1.82) is 0 Å². The van der Waals surface area contributed by atoms with Crippen molar-refractivity contribution in [3.8, 4) is 0 Å². The Morgan fingerprint density at radius 3 is 3.00 bits per heavy atom. The van der Waals surface area contributed by atoms with E-state index in [0.717, 1.165) is 38.2 Å². The van der Waals surface area contributed by atoms with Crippen LogP contribution in [0.1, 0.15) is 57.2 Å². The first-order valence-corrected chi connectivity index (χ1v) is 8.32. The largest absolute Gasteiger partial charge is 0.341 e. The number of amides is 1. The molecular formula is C16H23N3O2. The highest BCUT2D eigenvalue weighted by molar-refractivity contribution is 5.77. The minimum absolute atomic E-state index is 0.0316. The molecule has 0 bridgehead atoms. The molecular weight excluding hydrogens is 266 g/mol. The number of aromatic nitrogens is 2. The number of nitrogens with zero attached hydrogens (tertiary/aromatic N) is 3. The van der Waals surface area contributed by atoms with Crippen LogP contribution in [0.4, 0.5) is 0 Å². The van der Waals surface area contributed by atoms with Crippen LogP contribution >= 0.6 is 0 Å². The van der Waals surface area contributed by atoms with Gasteiger partial charge in [0, 0.05) is 25.9 Å². The van der Waals surface area contributed by atoms with Crippen molar-refractivity contribution >= 4 is 5.91 Å². The quantitative estimate of drug-likeness (QED) is 0.853. The summed E-state index contributed by atoms with van der Waals surface area (Å²) < 4.78 is 5.33. The summed E-state index contributed by atoms with van der Waals surface area (Å²) in [4.78, 5) is 19.1. The van der Waals surface area contributed by atoms with E-state index >= 15 is 0 Å². The van der Waals surface area contributed by atoms with Crippen LogP contribution in [-0.2, 0) is 16.6 Å². The number of carbonyl (C=O) groups excluding carboxylic acids is 1. The van der Waals surface area contributed by atoms with Gasteiger partial charge in [-0.1, -0.05) is 18.5 Å². The van der Waals surface area contributed by atoms with Gasteiger partial charge in [-0.25, -0.2) is 0 Å². The molecule has 5 nitrogen and oxygen atoms in total. The molecule has 2 heterocycles. The first kappa shape index (κ1) is 13.3. The normalized spacial score (nSPS) is 31.7. The Morgan fingerprint density at radius 1 is 1.43 bits per heavy atom. The van der Waals surface area contributed by atoms with Crippen LogP contribution in [0.5, 0.6) is 0 Å². The Morgan fingerprint density at radius 2 is 2.29 bits per heavy atom. The van der Waals surface area contributed by atoms with Gasteiger partial charge in [0.2, 0.25) is 11.8 Å². The van der Waals surface area contributed by atoms with Crippen LogP contribution < -0.4 is 0 Å². The summed E-state index contributed by atoms with van der Waals surface area (Å²) in [5.41, 5.74) is -0.0316. The average Bonchev–Trinajstić information content (AvgIpc) is 2.93. The van der Waals surface area contributed by atoms with E-state index in [2.05, 4.69) is 15.0 Å². The van der Waals surface area contributed by atoms with Crippen LogP contribution in [0.2, 0.25) is 0 Å². The molecule has 1 aromatic heterocycles. The van der Waals surface area contributed by atoms with E-state index < -0.39 is 0 Å². The van der Waals surface area contributed by atoms with Crippen LogP contribution in [0.15, 0.2) is 4.52 Å².